The average Bonchev–Trinajstić information content (AvgIpc) is 3.23. The maximum absolute atomic E-state index is 12.9. The number of nitrogens with two attached hydrogens (primary N) is 1. The van der Waals surface area contributed by atoms with E-state index in [2.05, 4.69) is 40.0 Å². The highest BCUT2D eigenvalue weighted by atomic mass is 35.5. The normalized spacial score (nSPS) is 18.2. The van der Waals surface area contributed by atoms with Gasteiger partial charge < -0.3 is 11.1 Å². The van der Waals surface area contributed by atoms with Gasteiger partial charge in [-0.15, -0.1) is 0 Å². The Kier molecular flexibility index (Phi) is 7.30. The highest BCUT2D eigenvalue weighted by Gasteiger charge is 2.22. The maximum atomic E-state index is 12.9. The van der Waals surface area contributed by atoms with Crippen molar-refractivity contribution in [2.24, 2.45) is 12.8 Å². The van der Waals surface area contributed by atoms with E-state index in [1.807, 2.05) is 12.3 Å². The molecule has 5 rings (SSSR count). The van der Waals surface area contributed by atoms with Gasteiger partial charge in [0.1, 0.15) is 4.90 Å². The van der Waals surface area contributed by atoms with Gasteiger partial charge in [0.2, 0.25) is 5.95 Å². The molecule has 38 heavy (non-hydrogen) atoms. The number of hydrogen-bond acceptors (Lipinski definition) is 7. The predicted octanol–water partition coefficient (Wildman–Crippen LogP) is 5.29. The number of sulfonamides is 1. The summed E-state index contributed by atoms with van der Waals surface area (Å²) in [7, 11) is -2.12. The summed E-state index contributed by atoms with van der Waals surface area (Å²) < 4.78 is 30.0. The lowest BCUT2D eigenvalue weighted by molar-refractivity contribution is 0.410. The molecule has 0 unspecified atom stereocenters. The van der Waals surface area contributed by atoms with Crippen molar-refractivity contribution in [1.29, 1.82) is 0 Å². The number of nitrogens with zero attached hydrogens (tertiary/aromatic N) is 4. The van der Waals surface area contributed by atoms with Crippen molar-refractivity contribution in [1.82, 2.24) is 19.7 Å². The van der Waals surface area contributed by atoms with Crippen molar-refractivity contribution in [2.75, 3.05) is 10.0 Å². The highest BCUT2D eigenvalue weighted by Crippen LogP contribution is 2.33. The molecule has 2 heterocycles. The number of anilines is 2. The summed E-state index contributed by atoms with van der Waals surface area (Å²) in [6.07, 6.45) is 5.88. The van der Waals surface area contributed by atoms with Crippen LogP contribution in [-0.2, 0) is 17.1 Å². The summed E-state index contributed by atoms with van der Waals surface area (Å²) in [6.45, 7) is 4.26. The van der Waals surface area contributed by atoms with E-state index in [9.17, 15) is 8.42 Å². The SMILES string of the molecule is CC(C)c1cc(-c2cc(NS(=O)(=O)c3ccccc3Cl)nn2C)cc2cnc(NC3CCC(N)CC3)nc12. The minimum atomic E-state index is -3.90. The van der Waals surface area contributed by atoms with E-state index in [4.69, 9.17) is 22.3 Å². The van der Waals surface area contributed by atoms with Gasteiger partial charge in [0, 0.05) is 42.3 Å². The molecule has 0 amide bonds. The van der Waals surface area contributed by atoms with E-state index < -0.39 is 10.0 Å². The van der Waals surface area contributed by atoms with Gasteiger partial charge in [-0.05, 0) is 61.4 Å². The fourth-order valence-corrected chi connectivity index (χ4v) is 6.43. The molecule has 0 bridgehead atoms. The van der Waals surface area contributed by atoms with Crippen molar-refractivity contribution >= 4 is 44.3 Å². The number of hydrogen-bond donors (Lipinski definition) is 3. The predicted molar refractivity (Wildman–Crippen MR) is 152 cm³/mol. The highest BCUT2D eigenvalue weighted by molar-refractivity contribution is 7.92. The van der Waals surface area contributed by atoms with Crippen LogP contribution in [0.25, 0.3) is 22.2 Å². The summed E-state index contributed by atoms with van der Waals surface area (Å²) in [6, 6.07) is 12.7. The molecule has 1 fully saturated rings. The van der Waals surface area contributed by atoms with E-state index in [0.29, 0.717) is 12.0 Å². The molecule has 0 atom stereocenters. The number of rotatable bonds is 7. The third-order valence-electron chi connectivity index (χ3n) is 6.98. The zero-order chi connectivity index (χ0) is 27.0. The van der Waals surface area contributed by atoms with Gasteiger partial charge >= 0.3 is 0 Å². The molecule has 9 nitrogen and oxygen atoms in total. The zero-order valence-corrected chi connectivity index (χ0v) is 23.2. The summed E-state index contributed by atoms with van der Waals surface area (Å²) in [5.41, 5.74) is 9.68. The summed E-state index contributed by atoms with van der Waals surface area (Å²) >= 11 is 6.12. The van der Waals surface area contributed by atoms with Gasteiger partial charge in [0.25, 0.3) is 10.0 Å². The third kappa shape index (κ3) is 5.48. The Morgan fingerprint density at radius 2 is 1.84 bits per heavy atom. The van der Waals surface area contributed by atoms with E-state index in [1.165, 1.54) is 12.1 Å². The first kappa shape index (κ1) is 26.4. The molecule has 1 saturated carbocycles. The van der Waals surface area contributed by atoms with Gasteiger partial charge in [-0.3, -0.25) is 9.40 Å². The Labute approximate surface area is 227 Å². The van der Waals surface area contributed by atoms with Gasteiger partial charge in [-0.25, -0.2) is 18.4 Å². The molecule has 11 heteroatoms. The van der Waals surface area contributed by atoms with Crippen LogP contribution in [0.3, 0.4) is 0 Å². The summed E-state index contributed by atoms with van der Waals surface area (Å²) in [4.78, 5) is 9.47. The molecule has 0 spiro atoms. The Bertz CT molecular complexity index is 1580. The quantitative estimate of drug-likeness (QED) is 0.283. The lowest BCUT2D eigenvalue weighted by Gasteiger charge is -2.26. The first-order valence-electron chi connectivity index (χ1n) is 12.8. The first-order valence-corrected chi connectivity index (χ1v) is 14.6. The molecule has 4 aromatic rings. The number of aromatic nitrogens is 4. The van der Waals surface area contributed by atoms with Crippen molar-refractivity contribution < 1.29 is 8.42 Å². The van der Waals surface area contributed by atoms with E-state index >= 15 is 0 Å². The van der Waals surface area contributed by atoms with Crippen LogP contribution < -0.4 is 15.8 Å². The van der Waals surface area contributed by atoms with E-state index in [1.54, 1.807) is 29.9 Å². The number of aryl methyl sites for hydroxylation is 1. The molecule has 2 aromatic heterocycles. The van der Waals surface area contributed by atoms with Crippen LogP contribution in [-0.4, -0.2) is 40.2 Å². The molecule has 1 aliphatic rings. The van der Waals surface area contributed by atoms with Crippen molar-refractivity contribution in [2.45, 2.75) is 62.4 Å². The van der Waals surface area contributed by atoms with Crippen molar-refractivity contribution in [3.05, 3.63) is 59.2 Å². The van der Waals surface area contributed by atoms with Crippen LogP contribution in [0.5, 0.6) is 0 Å². The second-order valence-corrected chi connectivity index (χ2v) is 12.2. The van der Waals surface area contributed by atoms with Gasteiger partial charge in [-0.1, -0.05) is 37.6 Å². The number of halogens is 1. The topological polar surface area (TPSA) is 128 Å². The second-order valence-electron chi connectivity index (χ2n) is 10.2. The lowest BCUT2D eigenvalue weighted by Crippen LogP contribution is -2.33. The zero-order valence-electron chi connectivity index (χ0n) is 21.6. The first-order chi connectivity index (χ1) is 18.1. The Morgan fingerprint density at radius 1 is 1.11 bits per heavy atom. The Morgan fingerprint density at radius 3 is 2.55 bits per heavy atom. The molecule has 0 saturated heterocycles. The van der Waals surface area contributed by atoms with Crippen LogP contribution in [0.2, 0.25) is 5.02 Å². The van der Waals surface area contributed by atoms with Crippen molar-refractivity contribution in [3.8, 4) is 11.3 Å². The van der Waals surface area contributed by atoms with Crippen LogP contribution in [0.15, 0.2) is 53.6 Å². The fraction of sp³-hybridized carbons (Fsp3) is 0.370. The van der Waals surface area contributed by atoms with Crippen LogP contribution in [0, 0.1) is 0 Å². The number of benzene rings is 2. The Balaban J connectivity index is 1.46. The number of nitrogens with one attached hydrogen (secondary N) is 2. The van der Waals surface area contributed by atoms with Gasteiger partial charge in [-0.2, -0.15) is 5.10 Å². The fourth-order valence-electron chi connectivity index (χ4n) is 4.92. The average molecular weight is 554 g/mol. The molecule has 2 aromatic carbocycles. The summed E-state index contributed by atoms with van der Waals surface area (Å²) in [5.74, 6) is 1.04. The smallest absolute Gasteiger partial charge is 0.264 e. The van der Waals surface area contributed by atoms with Crippen molar-refractivity contribution in [3.63, 3.8) is 0 Å². The molecular weight excluding hydrogens is 522 g/mol. The second kappa shape index (κ2) is 10.5. The Hall–Kier alpha value is -3.21. The van der Waals surface area contributed by atoms with Gasteiger partial charge in [0.15, 0.2) is 5.82 Å². The molecule has 200 valence electrons. The standard InChI is InChI=1S/C27H32ClN7O2S/c1-16(2)21-13-17(12-18-15-30-27(32-26(18)21)31-20-10-8-19(29)9-11-20)23-14-25(33-35(23)3)34-38(36,37)24-7-5-4-6-22(24)28/h4-7,12-16,19-20H,8-11,29H2,1-3H3,(H,33,34)(H,30,31,32). The van der Waals surface area contributed by atoms with Crippen LogP contribution in [0.1, 0.15) is 51.0 Å². The van der Waals surface area contributed by atoms with E-state index in [-0.39, 0.29) is 27.7 Å². The molecule has 0 radical (unpaired) electrons. The third-order valence-corrected chi connectivity index (χ3v) is 8.83. The molecular formula is C27H32ClN7O2S. The molecule has 0 aliphatic heterocycles. The van der Waals surface area contributed by atoms with E-state index in [0.717, 1.165) is 53.4 Å². The largest absolute Gasteiger partial charge is 0.351 e. The molecule has 4 N–H and O–H groups in total. The maximum Gasteiger partial charge on any atom is 0.264 e. The monoisotopic (exact) mass is 553 g/mol. The number of fused-ring (bicyclic) bond motifs is 1. The lowest BCUT2D eigenvalue weighted by atomic mass is 9.92. The van der Waals surface area contributed by atoms with Crippen LogP contribution >= 0.6 is 11.6 Å². The minimum absolute atomic E-state index is 0.000645. The molecule has 1 aliphatic carbocycles. The summed E-state index contributed by atoms with van der Waals surface area (Å²) in [5, 5.41) is 8.94. The van der Waals surface area contributed by atoms with Gasteiger partial charge in [0.05, 0.1) is 16.2 Å². The minimum Gasteiger partial charge on any atom is -0.351 e. The van der Waals surface area contributed by atoms with Crippen LogP contribution in [0.4, 0.5) is 11.8 Å².